The normalized spacial score (nSPS) is 21.5. The fourth-order valence-corrected chi connectivity index (χ4v) is 2.37. The van der Waals surface area contributed by atoms with Gasteiger partial charge in [0, 0.05) is 42.4 Å². The number of anilines is 1. The maximum atomic E-state index is 3.53. The number of halogens is 1. The van der Waals surface area contributed by atoms with Crippen molar-refractivity contribution in [2.75, 3.05) is 38.5 Å². The summed E-state index contributed by atoms with van der Waals surface area (Å²) in [5, 5.41) is 7.03. The van der Waals surface area contributed by atoms with Crippen LogP contribution in [0.15, 0.2) is 22.7 Å². The predicted octanol–water partition coefficient (Wildman–Crippen LogP) is 2.07. The Kier molecular flexibility index (Phi) is 4.42. The molecule has 3 nitrogen and oxygen atoms in total. The fourth-order valence-electron chi connectivity index (χ4n) is 2.12. The van der Waals surface area contributed by atoms with Gasteiger partial charge >= 0.3 is 0 Å². The monoisotopic (exact) mass is 297 g/mol. The molecule has 94 valence electrons. The van der Waals surface area contributed by atoms with Gasteiger partial charge in [-0.2, -0.15) is 0 Å². The molecular weight excluding hydrogens is 278 g/mol. The van der Waals surface area contributed by atoms with Crippen molar-refractivity contribution < 1.29 is 0 Å². The van der Waals surface area contributed by atoms with Gasteiger partial charge in [-0.05, 0) is 37.7 Å². The number of nitrogens with one attached hydrogen (secondary N) is 2. The van der Waals surface area contributed by atoms with Gasteiger partial charge in [-0.15, -0.1) is 0 Å². The topological polar surface area (TPSA) is 27.3 Å². The number of likely N-dealkylation sites (N-methyl/N-ethyl adjacent to an activating group) is 1. The maximum Gasteiger partial charge on any atom is 0.0369 e. The van der Waals surface area contributed by atoms with Gasteiger partial charge in [-0.1, -0.05) is 15.9 Å². The van der Waals surface area contributed by atoms with Gasteiger partial charge in [0.25, 0.3) is 0 Å². The summed E-state index contributed by atoms with van der Waals surface area (Å²) in [6.07, 6.45) is 0. The fraction of sp³-hybridized carbons (Fsp3) is 0.538. The molecule has 2 rings (SSSR count). The van der Waals surface area contributed by atoms with Crippen LogP contribution < -0.4 is 10.6 Å². The molecule has 1 atom stereocenters. The molecule has 0 amide bonds. The Labute approximate surface area is 112 Å². The van der Waals surface area contributed by atoms with Crippen molar-refractivity contribution in [1.82, 2.24) is 10.2 Å². The van der Waals surface area contributed by atoms with E-state index in [4.69, 9.17) is 0 Å². The molecule has 0 spiro atoms. The molecule has 2 N–H and O–H groups in total. The second kappa shape index (κ2) is 5.85. The number of hydrogen-bond donors (Lipinski definition) is 2. The second-order valence-electron chi connectivity index (χ2n) is 4.76. The molecule has 1 unspecified atom stereocenters. The zero-order valence-corrected chi connectivity index (χ0v) is 12.0. The van der Waals surface area contributed by atoms with Crippen LogP contribution in [0.1, 0.15) is 5.56 Å². The van der Waals surface area contributed by atoms with E-state index >= 15 is 0 Å². The molecule has 1 fully saturated rings. The third-order valence-corrected chi connectivity index (χ3v) is 4.06. The van der Waals surface area contributed by atoms with E-state index in [1.807, 2.05) is 0 Å². The zero-order valence-electron chi connectivity index (χ0n) is 10.5. The molecule has 1 saturated heterocycles. The van der Waals surface area contributed by atoms with Gasteiger partial charge in [0.15, 0.2) is 0 Å². The highest BCUT2D eigenvalue weighted by atomic mass is 79.9. The molecule has 1 aromatic rings. The van der Waals surface area contributed by atoms with Crippen LogP contribution in [0.5, 0.6) is 0 Å². The summed E-state index contributed by atoms with van der Waals surface area (Å²) in [6, 6.07) is 6.93. The van der Waals surface area contributed by atoms with Crippen molar-refractivity contribution in [2.24, 2.45) is 0 Å². The molecule has 1 aliphatic heterocycles. The lowest BCUT2D eigenvalue weighted by atomic mass is 10.2. The van der Waals surface area contributed by atoms with Gasteiger partial charge in [-0.3, -0.25) is 0 Å². The summed E-state index contributed by atoms with van der Waals surface area (Å²) in [7, 11) is 2.18. The van der Waals surface area contributed by atoms with E-state index in [0.717, 1.165) is 26.2 Å². The Balaban J connectivity index is 1.86. The van der Waals surface area contributed by atoms with Crippen LogP contribution >= 0.6 is 15.9 Å². The van der Waals surface area contributed by atoms with Gasteiger partial charge in [0.2, 0.25) is 0 Å². The average molecular weight is 298 g/mol. The van der Waals surface area contributed by atoms with Crippen molar-refractivity contribution in [2.45, 2.75) is 13.0 Å². The summed E-state index contributed by atoms with van der Waals surface area (Å²) >= 11 is 3.52. The molecule has 4 heteroatoms. The molecule has 1 aromatic carbocycles. The molecule has 0 radical (unpaired) electrons. The minimum Gasteiger partial charge on any atom is -0.383 e. The van der Waals surface area contributed by atoms with E-state index in [1.54, 1.807) is 0 Å². The van der Waals surface area contributed by atoms with Crippen molar-refractivity contribution in [1.29, 1.82) is 0 Å². The minimum absolute atomic E-state index is 0.540. The highest BCUT2D eigenvalue weighted by Crippen LogP contribution is 2.19. The van der Waals surface area contributed by atoms with Crippen molar-refractivity contribution in [3.05, 3.63) is 28.2 Å². The molecule has 17 heavy (non-hydrogen) atoms. The van der Waals surface area contributed by atoms with Crippen LogP contribution in [-0.2, 0) is 0 Å². The van der Waals surface area contributed by atoms with Crippen LogP contribution in [0.3, 0.4) is 0 Å². The van der Waals surface area contributed by atoms with Crippen molar-refractivity contribution in [3.8, 4) is 0 Å². The van der Waals surface area contributed by atoms with E-state index < -0.39 is 0 Å². The lowest BCUT2D eigenvalue weighted by Gasteiger charge is -2.31. The largest absolute Gasteiger partial charge is 0.383 e. The van der Waals surface area contributed by atoms with Crippen LogP contribution in [-0.4, -0.2) is 44.2 Å². The molecule has 0 bridgehead atoms. The first-order valence-electron chi connectivity index (χ1n) is 6.07. The SMILES string of the molecule is Cc1cc(NCC2CN(C)CCN2)ccc1Br. The van der Waals surface area contributed by atoms with Crippen LogP contribution in [0.2, 0.25) is 0 Å². The highest BCUT2D eigenvalue weighted by molar-refractivity contribution is 9.10. The van der Waals surface area contributed by atoms with E-state index in [9.17, 15) is 0 Å². The number of hydrogen-bond acceptors (Lipinski definition) is 3. The first kappa shape index (κ1) is 12.9. The minimum atomic E-state index is 0.540. The lowest BCUT2D eigenvalue weighted by molar-refractivity contribution is 0.244. The van der Waals surface area contributed by atoms with Crippen molar-refractivity contribution >= 4 is 21.6 Å². The van der Waals surface area contributed by atoms with Gasteiger partial charge in [-0.25, -0.2) is 0 Å². The standard InChI is InChI=1S/C13H20BrN3/c1-10-7-11(3-4-13(10)14)16-8-12-9-17(2)6-5-15-12/h3-4,7,12,15-16H,5-6,8-9H2,1-2H3. The molecule has 0 aromatic heterocycles. The van der Waals surface area contributed by atoms with Crippen molar-refractivity contribution in [3.63, 3.8) is 0 Å². The second-order valence-corrected chi connectivity index (χ2v) is 5.61. The lowest BCUT2D eigenvalue weighted by Crippen LogP contribution is -2.51. The van der Waals surface area contributed by atoms with E-state index in [-0.39, 0.29) is 0 Å². The number of nitrogens with zero attached hydrogens (tertiary/aromatic N) is 1. The Morgan fingerprint density at radius 2 is 2.35 bits per heavy atom. The zero-order chi connectivity index (χ0) is 12.3. The first-order valence-corrected chi connectivity index (χ1v) is 6.86. The first-order chi connectivity index (χ1) is 8.15. The summed E-state index contributed by atoms with van der Waals surface area (Å²) in [6.45, 7) is 6.44. The number of aryl methyl sites for hydroxylation is 1. The Bertz CT molecular complexity index is 381. The molecule has 1 heterocycles. The summed E-state index contributed by atoms with van der Waals surface area (Å²) in [5.74, 6) is 0. The van der Waals surface area contributed by atoms with E-state index in [2.05, 4.69) is 63.6 Å². The summed E-state index contributed by atoms with van der Waals surface area (Å²) < 4.78 is 1.17. The Morgan fingerprint density at radius 3 is 3.06 bits per heavy atom. The molecular formula is C13H20BrN3. The Hall–Kier alpha value is -0.580. The van der Waals surface area contributed by atoms with Gasteiger partial charge < -0.3 is 15.5 Å². The number of benzene rings is 1. The maximum absolute atomic E-state index is 3.53. The predicted molar refractivity (Wildman–Crippen MR) is 76.7 cm³/mol. The average Bonchev–Trinajstić information content (AvgIpc) is 2.31. The van der Waals surface area contributed by atoms with Crippen LogP contribution in [0.25, 0.3) is 0 Å². The van der Waals surface area contributed by atoms with Gasteiger partial charge in [0.1, 0.15) is 0 Å². The summed E-state index contributed by atoms with van der Waals surface area (Å²) in [5.41, 5.74) is 2.46. The third-order valence-electron chi connectivity index (χ3n) is 3.17. The molecule has 0 aliphatic carbocycles. The van der Waals surface area contributed by atoms with Crippen LogP contribution in [0, 0.1) is 6.92 Å². The quantitative estimate of drug-likeness (QED) is 0.894. The Morgan fingerprint density at radius 1 is 1.53 bits per heavy atom. The van der Waals surface area contributed by atoms with E-state index in [1.165, 1.54) is 15.7 Å². The number of piperazine rings is 1. The van der Waals surface area contributed by atoms with E-state index in [0.29, 0.717) is 6.04 Å². The number of rotatable bonds is 3. The molecule has 1 aliphatic rings. The molecule has 0 saturated carbocycles. The highest BCUT2D eigenvalue weighted by Gasteiger charge is 2.15. The third kappa shape index (κ3) is 3.69. The summed E-state index contributed by atoms with van der Waals surface area (Å²) in [4.78, 5) is 2.37. The smallest absolute Gasteiger partial charge is 0.0369 e. The van der Waals surface area contributed by atoms with Crippen LogP contribution in [0.4, 0.5) is 5.69 Å². The van der Waals surface area contributed by atoms with Gasteiger partial charge in [0.05, 0.1) is 0 Å².